The van der Waals surface area contributed by atoms with Crippen LogP contribution in [0.4, 0.5) is 34.1 Å². The normalized spacial score (nSPS) is 21.5. The second-order valence-corrected chi connectivity index (χ2v) is 26.5. The number of anilines is 6. The summed E-state index contributed by atoms with van der Waals surface area (Å²) in [7, 11) is 0. The summed E-state index contributed by atoms with van der Waals surface area (Å²) >= 11 is 0. The zero-order chi connectivity index (χ0) is 51.0. The van der Waals surface area contributed by atoms with E-state index in [0.717, 1.165) is 72.6 Å². The van der Waals surface area contributed by atoms with Crippen LogP contribution in [0.3, 0.4) is 0 Å². The van der Waals surface area contributed by atoms with Crippen LogP contribution in [0, 0.1) is 13.8 Å². The third kappa shape index (κ3) is 6.63. The van der Waals surface area contributed by atoms with E-state index < -0.39 is 6.85 Å². The van der Waals surface area contributed by atoms with E-state index in [-0.39, 0.29) is 44.6 Å². The molecule has 0 unspecified atom stereocenters. The van der Waals surface area contributed by atoms with Gasteiger partial charge in [0.25, 0.3) is 6.71 Å². The Kier molecular flexibility index (Phi) is 8.95. The molecule has 3 heteroatoms. The van der Waals surface area contributed by atoms with Gasteiger partial charge in [-0.1, -0.05) is 158 Å². The molecule has 2 nitrogen and oxygen atoms in total. The first-order chi connectivity index (χ1) is 32.9. The Morgan fingerprint density at radius 1 is 0.441 bits per heavy atom. The third-order valence-corrected chi connectivity index (χ3v) is 18.8. The fourth-order valence-corrected chi connectivity index (χ4v) is 13.7. The van der Waals surface area contributed by atoms with Crippen LogP contribution < -0.4 is 26.2 Å². The molecule has 350 valence electrons. The summed E-state index contributed by atoms with van der Waals surface area (Å²) in [4.78, 5) is 5.00. The van der Waals surface area contributed by atoms with Crippen molar-refractivity contribution in [1.82, 2.24) is 0 Å². The molecular formula is C65H77BN2. The second-order valence-electron chi connectivity index (χ2n) is 26.5. The van der Waals surface area contributed by atoms with Gasteiger partial charge in [0.2, 0.25) is 0 Å². The molecule has 2 aliphatic heterocycles. The van der Waals surface area contributed by atoms with Crippen LogP contribution in [0.1, 0.15) is 195 Å². The molecule has 0 saturated heterocycles. The highest BCUT2D eigenvalue weighted by Gasteiger charge is 2.48. The molecule has 0 aromatic heterocycles. The van der Waals surface area contributed by atoms with Gasteiger partial charge >= 0.3 is 0 Å². The lowest BCUT2D eigenvalue weighted by atomic mass is 9.33. The van der Waals surface area contributed by atoms with Crippen molar-refractivity contribution in [1.29, 1.82) is 0 Å². The molecule has 11 rings (SSSR count). The summed E-state index contributed by atoms with van der Waals surface area (Å²) in [6.45, 7) is 33.5. The molecular weight excluding hydrogens is 820 g/mol. The molecule has 0 radical (unpaired) electrons. The fraction of sp³-hybridized carbons (Fsp3) is 0.446. The lowest BCUT2D eigenvalue weighted by molar-refractivity contribution is 0.332. The molecule has 3 aliphatic carbocycles. The Labute approximate surface area is 415 Å². The molecule has 2 heterocycles. The number of nitrogens with zero attached hydrogens (tertiary/aromatic N) is 2. The molecule has 0 fully saturated rings. The Bertz CT molecular complexity index is 3200. The minimum Gasteiger partial charge on any atom is -0.311 e. The maximum absolute atomic E-state index is 9.27. The van der Waals surface area contributed by atoms with E-state index >= 15 is 0 Å². The summed E-state index contributed by atoms with van der Waals surface area (Å²) in [5.74, 6) is 0. The topological polar surface area (TPSA) is 6.48 Å². The largest absolute Gasteiger partial charge is 0.311 e. The van der Waals surface area contributed by atoms with Crippen LogP contribution in [0.5, 0.6) is 0 Å². The van der Waals surface area contributed by atoms with Crippen LogP contribution in [0.25, 0.3) is 0 Å². The average molecular weight is 900 g/mol. The highest BCUT2D eigenvalue weighted by Crippen LogP contribution is 2.55. The first-order valence-electron chi connectivity index (χ1n) is 27.4. The van der Waals surface area contributed by atoms with Crippen molar-refractivity contribution in [3.63, 3.8) is 0 Å². The van der Waals surface area contributed by atoms with Crippen LogP contribution in [0.15, 0.2) is 103 Å². The number of benzene rings is 6. The highest BCUT2D eigenvalue weighted by molar-refractivity contribution is 7.00. The maximum Gasteiger partial charge on any atom is 0.252 e. The molecule has 0 spiro atoms. The molecule has 68 heavy (non-hydrogen) atoms. The van der Waals surface area contributed by atoms with Crippen molar-refractivity contribution in [2.45, 2.75) is 187 Å². The molecule has 0 amide bonds. The second kappa shape index (κ2) is 14.5. The van der Waals surface area contributed by atoms with Gasteiger partial charge in [-0.05, 0) is 199 Å². The van der Waals surface area contributed by atoms with Gasteiger partial charge in [-0.15, -0.1) is 0 Å². The van der Waals surface area contributed by atoms with Crippen molar-refractivity contribution in [3.05, 3.63) is 159 Å². The molecule has 6 aromatic carbocycles. The van der Waals surface area contributed by atoms with Gasteiger partial charge in [-0.25, -0.2) is 0 Å². The van der Waals surface area contributed by atoms with Gasteiger partial charge in [-0.2, -0.15) is 0 Å². The molecule has 0 atom stereocenters. The number of rotatable bonds is 4. The quantitative estimate of drug-likeness (QED) is 0.162. The number of fused-ring (bicyclic) bond motifs is 7. The van der Waals surface area contributed by atoms with E-state index in [9.17, 15) is 4.11 Å². The average Bonchev–Trinajstić information content (AvgIpc) is 3.30. The maximum atomic E-state index is 9.27. The summed E-state index contributed by atoms with van der Waals surface area (Å²) in [5, 5.41) is 0. The van der Waals surface area contributed by atoms with Crippen molar-refractivity contribution in [2.24, 2.45) is 0 Å². The predicted molar refractivity (Wildman–Crippen MR) is 294 cm³/mol. The molecule has 0 bridgehead atoms. The Morgan fingerprint density at radius 3 is 1.50 bits per heavy atom. The van der Waals surface area contributed by atoms with Crippen molar-refractivity contribution >= 4 is 57.2 Å². The minimum atomic E-state index is -2.36. The van der Waals surface area contributed by atoms with Gasteiger partial charge < -0.3 is 9.80 Å². The van der Waals surface area contributed by atoms with E-state index in [1.165, 1.54) is 66.5 Å². The van der Waals surface area contributed by atoms with Gasteiger partial charge in [0, 0.05) is 43.7 Å². The SMILES string of the molecule is [2H]C([2H])([2H])c1cc2c3c(c1)N(c1cc4c(cc1C)C(C)(C)CCC4(C)C)c1cc(C(C)(C)c4ccccc4)ccc1B3c1cc3c(cc1N2c1ccc2c(c1)C(C)(C)CCC2(C)C)C(C)(C)CCC3(C)C. The third-order valence-electron chi connectivity index (χ3n) is 18.8. The first kappa shape index (κ1) is 41.9. The van der Waals surface area contributed by atoms with Crippen molar-refractivity contribution in [2.75, 3.05) is 9.80 Å². The van der Waals surface area contributed by atoms with Crippen molar-refractivity contribution < 1.29 is 4.11 Å². The van der Waals surface area contributed by atoms with E-state index in [2.05, 4.69) is 211 Å². The predicted octanol–water partition coefficient (Wildman–Crippen LogP) is 15.8. The smallest absolute Gasteiger partial charge is 0.252 e. The summed E-state index contributed by atoms with van der Waals surface area (Å²) in [6, 6.07) is 39.6. The monoisotopic (exact) mass is 900 g/mol. The highest BCUT2D eigenvalue weighted by atomic mass is 15.2. The number of hydrogen-bond acceptors (Lipinski definition) is 2. The zero-order valence-electron chi connectivity index (χ0n) is 47.0. The van der Waals surface area contributed by atoms with Crippen molar-refractivity contribution in [3.8, 4) is 0 Å². The first-order valence-corrected chi connectivity index (χ1v) is 25.9. The fourth-order valence-electron chi connectivity index (χ4n) is 13.7. The molecule has 6 aromatic rings. The lowest BCUT2D eigenvalue weighted by Gasteiger charge is -2.48. The van der Waals surface area contributed by atoms with Gasteiger partial charge in [0.05, 0.1) is 0 Å². The van der Waals surface area contributed by atoms with Gasteiger partial charge in [0.15, 0.2) is 0 Å². The Hall–Kier alpha value is -5.02. The number of hydrogen-bond donors (Lipinski definition) is 0. The summed E-state index contributed by atoms with van der Waals surface area (Å²) in [5.41, 5.74) is 22.4. The van der Waals surface area contributed by atoms with Gasteiger partial charge in [0.1, 0.15) is 0 Å². The minimum absolute atomic E-state index is 0.0167. The molecule has 5 aliphatic rings. The Morgan fingerprint density at radius 2 is 0.926 bits per heavy atom. The van der Waals surface area contributed by atoms with Crippen LogP contribution in [-0.4, -0.2) is 6.71 Å². The van der Waals surface area contributed by atoms with Gasteiger partial charge in [-0.3, -0.25) is 0 Å². The lowest BCUT2D eigenvalue weighted by Crippen LogP contribution is -2.62. The Balaban J connectivity index is 1.29. The summed E-state index contributed by atoms with van der Waals surface area (Å²) < 4.78 is 27.8. The van der Waals surface area contributed by atoms with Crippen LogP contribution in [-0.2, 0) is 37.9 Å². The van der Waals surface area contributed by atoms with E-state index in [1.807, 2.05) is 6.07 Å². The van der Waals surface area contributed by atoms with E-state index in [0.29, 0.717) is 5.56 Å². The standard InChI is InChI=1S/C65H77BN2/c1-40-32-56-58-57(33-40)68(53-38-49-46(34-41(53)2)60(5,6)28-30-63(49,11)12)54-35-43(65(15,16)42-20-18-17-19-21-42)22-25-51(54)66(58)52-37-48-50(64(13,14)31-29-62(48,9)10)39-55(52)67(56)44-23-24-45-47(36-44)61(7,8)27-26-59(45,3)4/h17-25,32-39H,26-31H2,1-16H3/i1D3. The van der Waals surface area contributed by atoms with E-state index in [4.69, 9.17) is 0 Å². The van der Waals surface area contributed by atoms with Crippen LogP contribution >= 0.6 is 0 Å². The molecule has 0 saturated carbocycles. The summed E-state index contributed by atoms with van der Waals surface area (Å²) in [6.07, 6.45) is 6.71. The van der Waals surface area contributed by atoms with Crippen LogP contribution in [0.2, 0.25) is 0 Å². The zero-order valence-corrected chi connectivity index (χ0v) is 44.0. The number of aryl methyl sites for hydroxylation is 2. The molecule has 0 N–H and O–H groups in total. The van der Waals surface area contributed by atoms with E-state index in [1.54, 1.807) is 0 Å².